The zero-order valence-corrected chi connectivity index (χ0v) is 12.8. The molecule has 20 heavy (non-hydrogen) atoms. The van der Waals surface area contributed by atoms with E-state index in [4.69, 9.17) is 4.74 Å². The molecule has 0 amide bonds. The second kappa shape index (κ2) is 8.20. The summed E-state index contributed by atoms with van der Waals surface area (Å²) in [5, 5.41) is 3.41. The summed E-state index contributed by atoms with van der Waals surface area (Å²) in [6.45, 7) is 6.85. The summed E-state index contributed by atoms with van der Waals surface area (Å²) in [5.74, 6) is 1.73. The molecular formula is C16H27N3O. The zero-order valence-electron chi connectivity index (χ0n) is 12.8. The second-order valence-corrected chi connectivity index (χ2v) is 5.93. The fourth-order valence-electron chi connectivity index (χ4n) is 2.51. The number of nitrogens with one attached hydrogen (secondary N) is 1. The van der Waals surface area contributed by atoms with Gasteiger partial charge in [0.25, 0.3) is 0 Å². The highest BCUT2D eigenvalue weighted by molar-refractivity contribution is 5.46. The molecule has 0 bridgehead atoms. The highest BCUT2D eigenvalue weighted by Crippen LogP contribution is 2.23. The molecule has 2 rings (SSSR count). The predicted molar refractivity (Wildman–Crippen MR) is 82.1 cm³/mol. The molecule has 4 nitrogen and oxygen atoms in total. The van der Waals surface area contributed by atoms with Crippen LogP contribution in [-0.4, -0.2) is 29.7 Å². The summed E-state index contributed by atoms with van der Waals surface area (Å²) in [6, 6.07) is 0. The predicted octanol–water partition coefficient (Wildman–Crippen LogP) is 3.22. The number of hydrogen-bond acceptors (Lipinski definition) is 4. The molecule has 0 unspecified atom stereocenters. The summed E-state index contributed by atoms with van der Waals surface area (Å²) in [6.07, 6.45) is 8.81. The Kier molecular flexibility index (Phi) is 6.25. The Labute approximate surface area is 122 Å². The van der Waals surface area contributed by atoms with E-state index in [0.29, 0.717) is 5.92 Å². The monoisotopic (exact) mass is 277 g/mol. The second-order valence-electron chi connectivity index (χ2n) is 5.93. The lowest BCUT2D eigenvalue weighted by molar-refractivity contribution is 0.132. The topological polar surface area (TPSA) is 47.0 Å². The maximum atomic E-state index is 5.63. The smallest absolute Gasteiger partial charge is 0.132 e. The van der Waals surface area contributed by atoms with Crippen LogP contribution in [0.4, 0.5) is 5.82 Å². The number of fused-ring (bicyclic) bond motifs is 1. The summed E-state index contributed by atoms with van der Waals surface area (Å²) in [7, 11) is 0. The van der Waals surface area contributed by atoms with Crippen molar-refractivity contribution in [1.82, 2.24) is 9.97 Å². The molecule has 0 spiro atoms. The lowest BCUT2D eigenvalue weighted by Gasteiger charge is -2.12. The minimum Gasteiger partial charge on any atom is -0.380 e. The number of aromatic nitrogens is 2. The Hall–Kier alpha value is -1.16. The van der Waals surface area contributed by atoms with Crippen molar-refractivity contribution >= 4 is 5.82 Å². The van der Waals surface area contributed by atoms with Crippen LogP contribution >= 0.6 is 0 Å². The number of ether oxygens (including phenoxy) is 1. The Morgan fingerprint density at radius 2 is 2.00 bits per heavy atom. The van der Waals surface area contributed by atoms with E-state index in [-0.39, 0.29) is 0 Å². The van der Waals surface area contributed by atoms with E-state index in [9.17, 15) is 0 Å². The van der Waals surface area contributed by atoms with Crippen molar-refractivity contribution in [2.45, 2.75) is 52.4 Å². The lowest BCUT2D eigenvalue weighted by atomic mass is 10.1. The molecule has 0 fully saturated rings. The first kappa shape index (κ1) is 15.2. The van der Waals surface area contributed by atoms with Crippen LogP contribution in [0.3, 0.4) is 0 Å². The first-order valence-electron chi connectivity index (χ1n) is 7.91. The average molecular weight is 277 g/mol. The molecule has 1 heterocycles. The summed E-state index contributed by atoms with van der Waals surface area (Å²) in [5.41, 5.74) is 2.56. The van der Waals surface area contributed by atoms with E-state index >= 15 is 0 Å². The Bertz CT molecular complexity index is 407. The molecule has 0 radical (unpaired) electrons. The van der Waals surface area contributed by atoms with Gasteiger partial charge < -0.3 is 10.1 Å². The van der Waals surface area contributed by atoms with Crippen molar-refractivity contribution in [1.29, 1.82) is 0 Å². The molecule has 1 aromatic rings. The first-order chi connectivity index (χ1) is 9.77. The molecular weight excluding hydrogens is 250 g/mol. The molecule has 1 aliphatic rings. The van der Waals surface area contributed by atoms with Gasteiger partial charge in [0.1, 0.15) is 12.1 Å². The third-order valence-electron chi connectivity index (χ3n) is 3.75. The van der Waals surface area contributed by atoms with E-state index < -0.39 is 0 Å². The van der Waals surface area contributed by atoms with E-state index in [1.165, 1.54) is 30.5 Å². The molecule has 112 valence electrons. The van der Waals surface area contributed by atoms with E-state index in [2.05, 4.69) is 29.1 Å². The number of rotatable bonds is 7. The van der Waals surface area contributed by atoms with Crippen molar-refractivity contribution in [2.75, 3.05) is 25.1 Å². The summed E-state index contributed by atoms with van der Waals surface area (Å²) in [4.78, 5) is 8.84. The maximum Gasteiger partial charge on any atom is 0.132 e. The minimum absolute atomic E-state index is 0.709. The van der Waals surface area contributed by atoms with Gasteiger partial charge in [0, 0.05) is 24.4 Å². The number of anilines is 1. The van der Waals surface area contributed by atoms with Crippen LogP contribution in [0, 0.1) is 5.92 Å². The van der Waals surface area contributed by atoms with Crippen molar-refractivity contribution < 1.29 is 4.74 Å². The largest absolute Gasteiger partial charge is 0.380 e. The molecule has 0 saturated heterocycles. The Balaban J connectivity index is 1.78. The molecule has 0 aromatic carbocycles. The zero-order chi connectivity index (χ0) is 14.2. The quantitative estimate of drug-likeness (QED) is 0.614. The maximum absolute atomic E-state index is 5.63. The van der Waals surface area contributed by atoms with Gasteiger partial charge in [0.2, 0.25) is 0 Å². The van der Waals surface area contributed by atoms with E-state index in [0.717, 1.165) is 44.8 Å². The van der Waals surface area contributed by atoms with Gasteiger partial charge >= 0.3 is 0 Å². The van der Waals surface area contributed by atoms with Crippen molar-refractivity contribution in [3.8, 4) is 0 Å². The van der Waals surface area contributed by atoms with E-state index in [1.54, 1.807) is 6.33 Å². The van der Waals surface area contributed by atoms with Gasteiger partial charge in [-0.3, -0.25) is 0 Å². The average Bonchev–Trinajstić information content (AvgIpc) is 2.68. The van der Waals surface area contributed by atoms with Gasteiger partial charge in [-0.1, -0.05) is 20.3 Å². The van der Waals surface area contributed by atoms with Crippen LogP contribution in [0.25, 0.3) is 0 Å². The van der Waals surface area contributed by atoms with Crippen LogP contribution in [0.5, 0.6) is 0 Å². The number of aryl methyl sites for hydroxylation is 1. The summed E-state index contributed by atoms with van der Waals surface area (Å²) < 4.78 is 5.63. The Morgan fingerprint density at radius 3 is 2.85 bits per heavy atom. The third-order valence-corrected chi connectivity index (χ3v) is 3.75. The van der Waals surface area contributed by atoms with Crippen molar-refractivity contribution in [2.24, 2.45) is 5.92 Å². The fourth-order valence-corrected chi connectivity index (χ4v) is 2.51. The highest BCUT2D eigenvalue weighted by Gasteiger charge is 2.13. The van der Waals surface area contributed by atoms with Gasteiger partial charge in [-0.25, -0.2) is 9.97 Å². The Morgan fingerprint density at radius 1 is 1.15 bits per heavy atom. The fraction of sp³-hybridized carbons (Fsp3) is 0.750. The highest BCUT2D eigenvalue weighted by atomic mass is 16.5. The molecule has 1 aromatic heterocycles. The normalized spacial score (nSPS) is 14.9. The van der Waals surface area contributed by atoms with Crippen molar-refractivity contribution in [3.05, 3.63) is 17.6 Å². The molecule has 0 aliphatic heterocycles. The third kappa shape index (κ3) is 4.75. The SMILES string of the molecule is CC(C)CCOCCNc1ncnc2c1CCCCC2. The van der Waals surface area contributed by atoms with Gasteiger partial charge in [-0.2, -0.15) is 0 Å². The number of hydrogen-bond donors (Lipinski definition) is 1. The first-order valence-corrected chi connectivity index (χ1v) is 7.91. The van der Waals surface area contributed by atoms with Gasteiger partial charge in [-0.05, 0) is 38.0 Å². The van der Waals surface area contributed by atoms with Gasteiger partial charge in [0.15, 0.2) is 0 Å². The van der Waals surface area contributed by atoms with Crippen LogP contribution in [0.15, 0.2) is 6.33 Å². The standard InChI is InChI=1S/C16H27N3O/c1-13(2)8-10-20-11-9-17-16-14-6-4-3-5-7-15(14)18-12-19-16/h12-13H,3-11H2,1-2H3,(H,17,18,19). The van der Waals surface area contributed by atoms with Crippen molar-refractivity contribution in [3.63, 3.8) is 0 Å². The van der Waals surface area contributed by atoms with Crippen LogP contribution in [0.1, 0.15) is 50.8 Å². The molecule has 0 atom stereocenters. The lowest BCUT2D eigenvalue weighted by Crippen LogP contribution is -2.14. The van der Waals surface area contributed by atoms with Crippen LogP contribution < -0.4 is 5.32 Å². The van der Waals surface area contributed by atoms with Gasteiger partial charge in [0.05, 0.1) is 6.61 Å². The molecule has 4 heteroatoms. The molecule has 0 saturated carbocycles. The molecule has 1 N–H and O–H groups in total. The minimum atomic E-state index is 0.709. The van der Waals surface area contributed by atoms with Crippen LogP contribution in [-0.2, 0) is 17.6 Å². The molecule has 1 aliphatic carbocycles. The van der Waals surface area contributed by atoms with Gasteiger partial charge in [-0.15, -0.1) is 0 Å². The summed E-state index contributed by atoms with van der Waals surface area (Å²) >= 11 is 0. The number of nitrogens with zero attached hydrogens (tertiary/aromatic N) is 2. The van der Waals surface area contributed by atoms with E-state index in [1.807, 2.05) is 0 Å². The van der Waals surface area contributed by atoms with Crippen LogP contribution in [0.2, 0.25) is 0 Å².